The quantitative estimate of drug-likeness (QED) is 0.377. The third-order valence-corrected chi connectivity index (χ3v) is 4.42. The van der Waals surface area contributed by atoms with E-state index >= 15 is 0 Å². The van der Waals surface area contributed by atoms with E-state index in [9.17, 15) is 29.6 Å². The summed E-state index contributed by atoms with van der Waals surface area (Å²) in [5.41, 5.74) is 0.396. The fraction of sp³-hybridized carbons (Fsp3) is 0.250. The van der Waals surface area contributed by atoms with Crippen LogP contribution >= 0.6 is 0 Å². The molecule has 10 nitrogen and oxygen atoms in total. The molecule has 2 atom stereocenters. The van der Waals surface area contributed by atoms with Crippen LogP contribution in [0.25, 0.3) is 0 Å². The highest BCUT2D eigenvalue weighted by Crippen LogP contribution is 2.27. The summed E-state index contributed by atoms with van der Waals surface area (Å²) in [6, 6.07) is 9.32. The molecule has 0 spiro atoms. The predicted molar refractivity (Wildman–Crippen MR) is 104 cm³/mol. The number of amides is 1. The van der Waals surface area contributed by atoms with Gasteiger partial charge in [0, 0.05) is 23.6 Å². The summed E-state index contributed by atoms with van der Waals surface area (Å²) >= 11 is 0. The van der Waals surface area contributed by atoms with Gasteiger partial charge in [0.15, 0.2) is 0 Å². The van der Waals surface area contributed by atoms with E-state index in [-0.39, 0.29) is 23.4 Å². The van der Waals surface area contributed by atoms with Gasteiger partial charge in [0.1, 0.15) is 11.8 Å². The number of hydrogen-bond acceptors (Lipinski definition) is 8. The zero-order chi connectivity index (χ0) is 22.3. The van der Waals surface area contributed by atoms with Crippen molar-refractivity contribution in [3.63, 3.8) is 0 Å². The first-order chi connectivity index (χ1) is 14.3. The third kappa shape index (κ3) is 5.53. The summed E-state index contributed by atoms with van der Waals surface area (Å²) < 4.78 is 9.48. The van der Waals surface area contributed by atoms with E-state index in [1.807, 2.05) is 0 Å². The van der Waals surface area contributed by atoms with Gasteiger partial charge in [-0.15, -0.1) is 0 Å². The van der Waals surface area contributed by atoms with Gasteiger partial charge in [0.2, 0.25) is 0 Å². The Labute approximate surface area is 171 Å². The van der Waals surface area contributed by atoms with E-state index in [4.69, 9.17) is 9.47 Å². The van der Waals surface area contributed by atoms with Crippen molar-refractivity contribution in [1.82, 2.24) is 5.32 Å². The molecule has 0 aliphatic heterocycles. The first-order valence-corrected chi connectivity index (χ1v) is 8.75. The third-order valence-electron chi connectivity index (χ3n) is 4.42. The fourth-order valence-corrected chi connectivity index (χ4v) is 2.82. The van der Waals surface area contributed by atoms with Crippen molar-refractivity contribution in [2.45, 2.75) is 18.4 Å². The SMILES string of the molecule is COC(=O)C[C@H](c1ccc([N+](=O)[O-])cc1)[C@H](NC(=O)c1ccc(O)cc1)C(=O)OC. The Morgan fingerprint density at radius 2 is 1.63 bits per heavy atom. The van der Waals surface area contributed by atoms with Crippen molar-refractivity contribution in [3.05, 3.63) is 69.8 Å². The number of carbonyl (C=O) groups is 3. The number of rotatable bonds is 8. The number of nitro groups is 1. The van der Waals surface area contributed by atoms with Gasteiger partial charge < -0.3 is 19.9 Å². The Morgan fingerprint density at radius 1 is 1.03 bits per heavy atom. The highest BCUT2D eigenvalue weighted by atomic mass is 16.6. The molecular formula is C20H20N2O8. The number of nitrogens with one attached hydrogen (secondary N) is 1. The molecule has 0 aliphatic carbocycles. The van der Waals surface area contributed by atoms with Crippen molar-refractivity contribution in [2.75, 3.05) is 14.2 Å². The lowest BCUT2D eigenvalue weighted by molar-refractivity contribution is -0.384. The number of benzene rings is 2. The molecule has 0 unspecified atom stereocenters. The fourth-order valence-electron chi connectivity index (χ4n) is 2.82. The lowest BCUT2D eigenvalue weighted by Crippen LogP contribution is -2.46. The van der Waals surface area contributed by atoms with E-state index in [0.717, 1.165) is 7.11 Å². The second kappa shape index (κ2) is 10.0. The predicted octanol–water partition coefficient (Wildman–Crippen LogP) is 1.92. The molecule has 0 radical (unpaired) electrons. The van der Waals surface area contributed by atoms with Crippen molar-refractivity contribution in [2.24, 2.45) is 0 Å². The first kappa shape index (κ1) is 22.3. The Bertz CT molecular complexity index is 925. The highest BCUT2D eigenvalue weighted by Gasteiger charge is 2.34. The number of carbonyl (C=O) groups excluding carboxylic acids is 3. The van der Waals surface area contributed by atoms with Crippen LogP contribution in [0.1, 0.15) is 28.3 Å². The number of phenolic OH excluding ortho intramolecular Hbond substituents is 1. The number of phenols is 1. The number of nitro benzene ring substituents is 1. The molecular weight excluding hydrogens is 396 g/mol. The molecule has 10 heteroatoms. The Hall–Kier alpha value is -3.95. The molecule has 0 bridgehead atoms. The van der Waals surface area contributed by atoms with Gasteiger partial charge in [0.05, 0.1) is 25.6 Å². The topological polar surface area (TPSA) is 145 Å². The van der Waals surface area contributed by atoms with Crippen LogP contribution in [0.15, 0.2) is 48.5 Å². The van der Waals surface area contributed by atoms with Crippen LogP contribution in [0.2, 0.25) is 0 Å². The second-order valence-corrected chi connectivity index (χ2v) is 6.26. The molecule has 2 N–H and O–H groups in total. The average Bonchev–Trinajstić information content (AvgIpc) is 2.75. The number of ether oxygens (including phenoxy) is 2. The van der Waals surface area contributed by atoms with Gasteiger partial charge in [-0.3, -0.25) is 19.7 Å². The van der Waals surface area contributed by atoms with E-state index in [1.165, 1.54) is 55.6 Å². The van der Waals surface area contributed by atoms with Crippen molar-refractivity contribution >= 4 is 23.5 Å². The highest BCUT2D eigenvalue weighted by molar-refractivity contribution is 5.97. The van der Waals surface area contributed by atoms with Crippen LogP contribution in [-0.4, -0.2) is 48.1 Å². The van der Waals surface area contributed by atoms with Crippen LogP contribution in [0.4, 0.5) is 5.69 Å². The van der Waals surface area contributed by atoms with Gasteiger partial charge in [0.25, 0.3) is 11.6 Å². The minimum atomic E-state index is -1.28. The molecule has 0 heterocycles. The molecule has 0 aliphatic rings. The normalized spacial score (nSPS) is 12.3. The maximum absolute atomic E-state index is 12.6. The van der Waals surface area contributed by atoms with Gasteiger partial charge in [-0.05, 0) is 29.8 Å². The van der Waals surface area contributed by atoms with Gasteiger partial charge in [-0.1, -0.05) is 12.1 Å². The van der Waals surface area contributed by atoms with Gasteiger partial charge >= 0.3 is 11.9 Å². The maximum Gasteiger partial charge on any atom is 0.329 e. The Kier molecular flexibility index (Phi) is 7.45. The van der Waals surface area contributed by atoms with Crippen LogP contribution in [0.5, 0.6) is 5.75 Å². The number of non-ortho nitro benzene ring substituents is 1. The monoisotopic (exact) mass is 416 g/mol. The number of nitrogens with zero attached hydrogens (tertiary/aromatic N) is 1. The van der Waals surface area contributed by atoms with Crippen LogP contribution < -0.4 is 5.32 Å². The number of esters is 2. The molecule has 2 aromatic rings. The van der Waals surface area contributed by atoms with E-state index in [1.54, 1.807) is 0 Å². The number of methoxy groups -OCH3 is 2. The average molecular weight is 416 g/mol. The van der Waals surface area contributed by atoms with Crippen LogP contribution in [0, 0.1) is 10.1 Å². The maximum atomic E-state index is 12.6. The zero-order valence-corrected chi connectivity index (χ0v) is 16.2. The van der Waals surface area contributed by atoms with E-state index in [2.05, 4.69) is 5.32 Å². The largest absolute Gasteiger partial charge is 0.508 e. The minimum Gasteiger partial charge on any atom is -0.508 e. The standard InChI is InChI=1S/C20H20N2O8/c1-29-17(24)11-16(12-3-7-14(8-4-12)22(27)28)18(20(26)30-2)21-19(25)13-5-9-15(23)10-6-13/h3-10,16,18,23H,11H2,1-2H3,(H,21,25)/t16-,18+/m1/s1. The van der Waals surface area contributed by atoms with Crippen molar-refractivity contribution in [1.29, 1.82) is 0 Å². The molecule has 0 aromatic heterocycles. The van der Waals surface area contributed by atoms with Crippen molar-refractivity contribution in [3.8, 4) is 5.75 Å². The molecule has 0 saturated heterocycles. The van der Waals surface area contributed by atoms with Crippen LogP contribution in [0.3, 0.4) is 0 Å². The summed E-state index contributed by atoms with van der Waals surface area (Å²) in [5, 5.41) is 22.8. The number of aromatic hydroxyl groups is 1. The smallest absolute Gasteiger partial charge is 0.329 e. The van der Waals surface area contributed by atoms with E-state index in [0.29, 0.717) is 5.56 Å². The summed E-state index contributed by atoms with van der Waals surface area (Å²) in [6.07, 6.45) is -0.288. The Morgan fingerprint density at radius 3 is 2.13 bits per heavy atom. The molecule has 1 amide bonds. The molecule has 2 aromatic carbocycles. The zero-order valence-electron chi connectivity index (χ0n) is 16.2. The molecule has 30 heavy (non-hydrogen) atoms. The van der Waals surface area contributed by atoms with Crippen LogP contribution in [-0.2, 0) is 19.1 Å². The lowest BCUT2D eigenvalue weighted by atomic mass is 9.88. The van der Waals surface area contributed by atoms with Gasteiger partial charge in [-0.2, -0.15) is 0 Å². The summed E-state index contributed by atoms with van der Waals surface area (Å²) in [7, 11) is 2.31. The molecule has 0 fully saturated rings. The van der Waals surface area contributed by atoms with Gasteiger partial charge in [-0.25, -0.2) is 4.79 Å². The Balaban J connectivity index is 2.40. The lowest BCUT2D eigenvalue weighted by Gasteiger charge is -2.26. The molecule has 158 valence electrons. The minimum absolute atomic E-state index is 0.0366. The summed E-state index contributed by atoms with van der Waals surface area (Å²) in [6.45, 7) is 0. The van der Waals surface area contributed by atoms with E-state index < -0.39 is 34.7 Å². The summed E-state index contributed by atoms with van der Waals surface area (Å²) in [4.78, 5) is 47.4. The molecule has 2 rings (SSSR count). The number of hydrogen-bond donors (Lipinski definition) is 2. The molecule has 0 saturated carbocycles. The first-order valence-electron chi connectivity index (χ1n) is 8.75. The summed E-state index contributed by atoms with van der Waals surface area (Å²) in [5.74, 6) is -3.04. The van der Waals surface area contributed by atoms with Crippen molar-refractivity contribution < 1.29 is 33.9 Å². The second-order valence-electron chi connectivity index (χ2n) is 6.26.